The highest BCUT2D eigenvalue weighted by atomic mass is 16.5. The highest BCUT2D eigenvalue weighted by Gasteiger charge is 2.26. The molecule has 0 saturated carbocycles. The van der Waals surface area contributed by atoms with Crippen LogP contribution >= 0.6 is 0 Å². The Kier molecular flexibility index (Phi) is 5.90. The first-order chi connectivity index (χ1) is 11.0. The summed E-state index contributed by atoms with van der Waals surface area (Å²) >= 11 is 0. The van der Waals surface area contributed by atoms with Gasteiger partial charge in [0.25, 0.3) is 0 Å². The molecule has 0 unspecified atom stereocenters. The Balaban J connectivity index is 1.83. The zero-order valence-electron chi connectivity index (χ0n) is 14.0. The average Bonchev–Trinajstić information content (AvgIpc) is 2.52. The molecule has 7 nitrogen and oxygen atoms in total. The van der Waals surface area contributed by atoms with Crippen LogP contribution in [0.4, 0.5) is 5.82 Å². The summed E-state index contributed by atoms with van der Waals surface area (Å²) in [6, 6.07) is 1.97. The van der Waals surface area contributed by atoms with Crippen molar-refractivity contribution in [3.05, 3.63) is 17.6 Å². The van der Waals surface area contributed by atoms with Crippen LogP contribution in [0.3, 0.4) is 0 Å². The van der Waals surface area contributed by atoms with E-state index >= 15 is 0 Å². The predicted octanol–water partition coefficient (Wildman–Crippen LogP) is 0.989. The number of ether oxygens (including phenoxy) is 1. The monoisotopic (exact) mass is 320 g/mol. The zero-order chi connectivity index (χ0) is 16.8. The summed E-state index contributed by atoms with van der Waals surface area (Å²) in [5.41, 5.74) is 0.946. The number of nitrogens with one attached hydrogen (secondary N) is 1. The molecule has 1 amide bonds. The molecule has 1 saturated heterocycles. The second-order valence-electron chi connectivity index (χ2n) is 5.70. The van der Waals surface area contributed by atoms with Crippen molar-refractivity contribution in [3.63, 3.8) is 0 Å². The van der Waals surface area contributed by atoms with Gasteiger partial charge < -0.3 is 15.0 Å². The summed E-state index contributed by atoms with van der Waals surface area (Å²) in [5, 5.41) is 2.65. The van der Waals surface area contributed by atoms with E-state index in [4.69, 9.17) is 4.74 Å². The van der Waals surface area contributed by atoms with Gasteiger partial charge in [-0.25, -0.2) is 9.97 Å². The second kappa shape index (κ2) is 7.89. The molecule has 0 aromatic carbocycles. The van der Waals surface area contributed by atoms with Crippen molar-refractivity contribution in [2.75, 3.05) is 31.1 Å². The normalized spacial score (nSPS) is 15.3. The van der Waals surface area contributed by atoms with E-state index in [1.54, 1.807) is 6.92 Å². The molecule has 0 atom stereocenters. The minimum atomic E-state index is -0.398. The van der Waals surface area contributed by atoms with Crippen molar-refractivity contribution in [2.24, 2.45) is 5.92 Å². The number of esters is 1. The maximum Gasteiger partial charge on any atom is 0.325 e. The van der Waals surface area contributed by atoms with Gasteiger partial charge >= 0.3 is 5.97 Å². The lowest BCUT2D eigenvalue weighted by atomic mass is 9.96. The molecule has 1 aromatic rings. The molecule has 1 fully saturated rings. The van der Waals surface area contributed by atoms with Crippen molar-refractivity contribution in [3.8, 4) is 0 Å². The van der Waals surface area contributed by atoms with Crippen LogP contribution in [0, 0.1) is 19.8 Å². The quantitative estimate of drug-likeness (QED) is 0.815. The molecule has 0 spiro atoms. The number of hydrogen-bond donors (Lipinski definition) is 1. The third-order valence-corrected chi connectivity index (χ3v) is 3.85. The van der Waals surface area contributed by atoms with Crippen LogP contribution in [-0.4, -0.2) is 48.1 Å². The van der Waals surface area contributed by atoms with Gasteiger partial charge in [0, 0.05) is 30.8 Å². The van der Waals surface area contributed by atoms with Crippen molar-refractivity contribution >= 4 is 17.7 Å². The maximum atomic E-state index is 12.1. The molecular formula is C16H24N4O3. The molecule has 2 heterocycles. The topological polar surface area (TPSA) is 84.4 Å². The van der Waals surface area contributed by atoms with E-state index in [1.807, 2.05) is 19.9 Å². The third-order valence-electron chi connectivity index (χ3n) is 3.85. The second-order valence-corrected chi connectivity index (χ2v) is 5.70. The van der Waals surface area contributed by atoms with E-state index in [-0.39, 0.29) is 18.4 Å². The summed E-state index contributed by atoms with van der Waals surface area (Å²) in [4.78, 5) is 34.3. The predicted molar refractivity (Wildman–Crippen MR) is 86.1 cm³/mol. The Morgan fingerprint density at radius 1 is 1.30 bits per heavy atom. The van der Waals surface area contributed by atoms with E-state index in [0.29, 0.717) is 6.61 Å². The van der Waals surface area contributed by atoms with Gasteiger partial charge in [-0.15, -0.1) is 0 Å². The molecule has 0 radical (unpaired) electrons. The summed E-state index contributed by atoms with van der Waals surface area (Å²) < 4.78 is 4.80. The largest absolute Gasteiger partial charge is 0.465 e. The molecular weight excluding hydrogens is 296 g/mol. The first kappa shape index (κ1) is 17.2. The highest BCUT2D eigenvalue weighted by molar-refractivity contribution is 5.83. The maximum absolute atomic E-state index is 12.1. The Morgan fingerprint density at radius 2 is 2.00 bits per heavy atom. The number of rotatable bonds is 5. The Hall–Kier alpha value is -2.18. The van der Waals surface area contributed by atoms with Gasteiger partial charge in [-0.05, 0) is 33.6 Å². The summed E-state index contributed by atoms with van der Waals surface area (Å²) in [6.07, 6.45) is 1.49. The van der Waals surface area contributed by atoms with E-state index in [9.17, 15) is 9.59 Å². The van der Waals surface area contributed by atoms with Gasteiger partial charge in [0.1, 0.15) is 18.2 Å². The van der Waals surface area contributed by atoms with Crippen LogP contribution in [-0.2, 0) is 14.3 Å². The Bertz CT molecular complexity index is 548. The zero-order valence-corrected chi connectivity index (χ0v) is 14.0. The minimum absolute atomic E-state index is 0.0583. The van der Waals surface area contributed by atoms with Crippen LogP contribution < -0.4 is 10.2 Å². The van der Waals surface area contributed by atoms with Crippen LogP contribution in [0.25, 0.3) is 0 Å². The highest BCUT2D eigenvalue weighted by Crippen LogP contribution is 2.22. The molecule has 2 rings (SSSR count). The Morgan fingerprint density at radius 3 is 2.61 bits per heavy atom. The molecule has 0 aliphatic carbocycles. The van der Waals surface area contributed by atoms with Crippen LogP contribution in [0.2, 0.25) is 0 Å². The number of amides is 1. The first-order valence-corrected chi connectivity index (χ1v) is 8.00. The van der Waals surface area contributed by atoms with Crippen molar-refractivity contribution < 1.29 is 14.3 Å². The van der Waals surface area contributed by atoms with E-state index < -0.39 is 5.97 Å². The standard InChI is InChI=1S/C16H24N4O3/c1-4-23-15(21)10-17-16(22)13-5-7-20(8-6-13)14-9-11(2)18-12(3)19-14/h9,13H,4-8,10H2,1-3H3,(H,17,22). The average molecular weight is 320 g/mol. The fraction of sp³-hybridized carbons (Fsp3) is 0.625. The van der Waals surface area contributed by atoms with Crippen molar-refractivity contribution in [1.29, 1.82) is 0 Å². The lowest BCUT2D eigenvalue weighted by Crippen LogP contribution is -2.42. The van der Waals surface area contributed by atoms with Crippen LogP contribution in [0.1, 0.15) is 31.3 Å². The van der Waals surface area contributed by atoms with Gasteiger partial charge in [0.15, 0.2) is 0 Å². The van der Waals surface area contributed by atoms with Gasteiger partial charge in [-0.1, -0.05) is 0 Å². The third kappa shape index (κ3) is 4.91. The number of hydrogen-bond acceptors (Lipinski definition) is 6. The van der Waals surface area contributed by atoms with Crippen LogP contribution in [0.15, 0.2) is 6.07 Å². The molecule has 126 valence electrons. The van der Waals surface area contributed by atoms with Gasteiger partial charge in [0.05, 0.1) is 6.61 Å². The van der Waals surface area contributed by atoms with Crippen LogP contribution in [0.5, 0.6) is 0 Å². The molecule has 7 heteroatoms. The number of nitrogens with zero attached hydrogens (tertiary/aromatic N) is 3. The van der Waals surface area contributed by atoms with E-state index in [2.05, 4.69) is 20.2 Å². The fourth-order valence-corrected chi connectivity index (χ4v) is 2.75. The van der Waals surface area contributed by atoms with Crippen molar-refractivity contribution in [2.45, 2.75) is 33.6 Å². The fourth-order valence-electron chi connectivity index (χ4n) is 2.75. The summed E-state index contributed by atoms with van der Waals surface area (Å²) in [6.45, 7) is 7.38. The molecule has 1 aliphatic heterocycles. The number of aromatic nitrogens is 2. The lowest BCUT2D eigenvalue weighted by molar-refractivity contribution is -0.143. The first-order valence-electron chi connectivity index (χ1n) is 8.00. The van der Waals surface area contributed by atoms with E-state index in [1.165, 1.54) is 0 Å². The van der Waals surface area contributed by atoms with Gasteiger partial charge in [0.2, 0.25) is 5.91 Å². The molecule has 1 aliphatic rings. The SMILES string of the molecule is CCOC(=O)CNC(=O)C1CCN(c2cc(C)nc(C)n2)CC1. The lowest BCUT2D eigenvalue weighted by Gasteiger charge is -2.32. The molecule has 0 bridgehead atoms. The Labute approximate surface area is 136 Å². The number of piperidine rings is 1. The number of carbonyl (C=O) groups excluding carboxylic acids is 2. The smallest absolute Gasteiger partial charge is 0.325 e. The molecule has 1 aromatic heterocycles. The van der Waals surface area contributed by atoms with Gasteiger partial charge in [-0.3, -0.25) is 9.59 Å². The molecule has 1 N–H and O–H groups in total. The number of carbonyl (C=O) groups is 2. The number of anilines is 1. The van der Waals surface area contributed by atoms with E-state index in [0.717, 1.165) is 43.3 Å². The van der Waals surface area contributed by atoms with Gasteiger partial charge in [-0.2, -0.15) is 0 Å². The summed E-state index contributed by atoms with van der Waals surface area (Å²) in [5.74, 6) is 1.14. The van der Waals surface area contributed by atoms with Crippen molar-refractivity contribution in [1.82, 2.24) is 15.3 Å². The number of aryl methyl sites for hydroxylation is 2. The summed E-state index contributed by atoms with van der Waals surface area (Å²) in [7, 11) is 0. The minimum Gasteiger partial charge on any atom is -0.465 e. The molecule has 23 heavy (non-hydrogen) atoms.